The van der Waals surface area contributed by atoms with Gasteiger partial charge >= 0.3 is 0 Å². The van der Waals surface area contributed by atoms with Crippen LogP contribution in [0.2, 0.25) is 0 Å². The van der Waals surface area contributed by atoms with Gasteiger partial charge in [0.2, 0.25) is 0 Å². The molecule has 2 rings (SSSR count). The molecule has 0 N–H and O–H groups in total. The first-order chi connectivity index (χ1) is 9.20. The summed E-state index contributed by atoms with van der Waals surface area (Å²) in [5.74, 6) is 0. The van der Waals surface area contributed by atoms with Crippen molar-refractivity contribution in [3.05, 3.63) is 0 Å². The largest absolute Gasteiger partial charge is 0.375 e. The summed E-state index contributed by atoms with van der Waals surface area (Å²) >= 11 is 0. The molecule has 2 aliphatic heterocycles. The van der Waals surface area contributed by atoms with Gasteiger partial charge in [0.25, 0.3) is 0 Å². The summed E-state index contributed by atoms with van der Waals surface area (Å²) in [6.45, 7) is 19.0. The average molecular weight is 285 g/mol. The summed E-state index contributed by atoms with van der Waals surface area (Å²) in [5.41, 5.74) is -0.0000576. The van der Waals surface area contributed by atoms with Gasteiger partial charge in [-0.1, -0.05) is 0 Å². The van der Waals surface area contributed by atoms with Gasteiger partial charge < -0.3 is 13.7 Å². The molecule has 0 aromatic carbocycles. The van der Waals surface area contributed by atoms with Crippen molar-refractivity contribution in [2.45, 2.75) is 26.4 Å². The number of likely N-dealkylation sites (N-methyl/N-ethyl adjacent to an activating group) is 1. The van der Waals surface area contributed by atoms with Crippen LogP contribution in [0.15, 0.2) is 0 Å². The van der Waals surface area contributed by atoms with Gasteiger partial charge in [0, 0.05) is 19.6 Å². The Morgan fingerprint density at radius 2 is 1.45 bits per heavy atom. The molecule has 0 unspecified atom stereocenters. The third-order valence-corrected chi connectivity index (χ3v) is 5.08. The number of piperazine rings is 2. The van der Waals surface area contributed by atoms with Crippen molar-refractivity contribution in [3.8, 4) is 0 Å². The van der Waals surface area contributed by atoms with Gasteiger partial charge in [-0.2, -0.15) is 0 Å². The molecule has 20 heavy (non-hydrogen) atoms. The van der Waals surface area contributed by atoms with E-state index in [2.05, 4.69) is 39.8 Å². The monoisotopic (exact) mass is 285 g/mol. The molecule has 1 spiro atoms. The molecular formula is C16H35N3O+2. The van der Waals surface area contributed by atoms with Crippen LogP contribution in [0, 0.1) is 0 Å². The molecule has 2 saturated heterocycles. The van der Waals surface area contributed by atoms with E-state index in [-0.39, 0.29) is 5.60 Å². The molecule has 0 aromatic rings. The van der Waals surface area contributed by atoms with E-state index in [1.165, 1.54) is 61.3 Å². The van der Waals surface area contributed by atoms with Gasteiger partial charge in [-0.25, -0.2) is 0 Å². The van der Waals surface area contributed by atoms with Crippen molar-refractivity contribution in [1.82, 2.24) is 4.90 Å². The first-order valence-corrected chi connectivity index (χ1v) is 8.23. The van der Waals surface area contributed by atoms with Crippen molar-refractivity contribution < 1.29 is 13.7 Å². The van der Waals surface area contributed by atoms with Crippen molar-refractivity contribution in [2.24, 2.45) is 0 Å². The molecule has 0 atom stereocenters. The van der Waals surface area contributed by atoms with E-state index in [0.29, 0.717) is 0 Å². The second-order valence-corrected chi connectivity index (χ2v) is 8.42. The van der Waals surface area contributed by atoms with Crippen molar-refractivity contribution in [2.75, 3.05) is 79.6 Å². The van der Waals surface area contributed by atoms with Gasteiger partial charge in [-0.05, 0) is 20.8 Å². The van der Waals surface area contributed by atoms with Crippen LogP contribution in [-0.2, 0) is 4.74 Å². The Balaban J connectivity index is 1.70. The summed E-state index contributed by atoms with van der Waals surface area (Å²) in [6, 6.07) is 0. The Kier molecular flexibility index (Phi) is 4.80. The Morgan fingerprint density at radius 3 is 1.95 bits per heavy atom. The molecule has 4 nitrogen and oxygen atoms in total. The topological polar surface area (TPSA) is 12.5 Å². The van der Waals surface area contributed by atoms with Gasteiger partial charge in [0.15, 0.2) is 0 Å². The molecule has 0 radical (unpaired) electrons. The molecule has 0 amide bonds. The standard InChI is InChI=1S/C16H35N3O/c1-16(2,3)20-15-8-17-6-9-19(10-7-17)13-11-18(4,5)12-14-19/h6-15H2,1-5H3/q+2. The van der Waals surface area contributed by atoms with E-state index in [4.69, 9.17) is 4.74 Å². The maximum atomic E-state index is 5.85. The van der Waals surface area contributed by atoms with E-state index in [9.17, 15) is 0 Å². The highest BCUT2D eigenvalue weighted by Gasteiger charge is 2.40. The van der Waals surface area contributed by atoms with Crippen LogP contribution in [-0.4, -0.2) is 99.1 Å². The second-order valence-electron chi connectivity index (χ2n) is 8.42. The van der Waals surface area contributed by atoms with Gasteiger partial charge in [0.1, 0.15) is 26.2 Å². The third-order valence-electron chi connectivity index (χ3n) is 5.08. The van der Waals surface area contributed by atoms with E-state index in [1.54, 1.807) is 0 Å². The number of quaternary nitrogens is 2. The van der Waals surface area contributed by atoms with Crippen LogP contribution in [0.1, 0.15) is 20.8 Å². The summed E-state index contributed by atoms with van der Waals surface area (Å²) in [6.07, 6.45) is 0. The highest BCUT2D eigenvalue weighted by atomic mass is 16.5. The maximum absolute atomic E-state index is 5.85. The zero-order chi connectivity index (χ0) is 14.9. The number of rotatable bonds is 3. The molecule has 2 fully saturated rings. The van der Waals surface area contributed by atoms with Crippen LogP contribution in [0.25, 0.3) is 0 Å². The van der Waals surface area contributed by atoms with Crippen LogP contribution in [0.5, 0.6) is 0 Å². The van der Waals surface area contributed by atoms with Gasteiger partial charge in [-0.15, -0.1) is 0 Å². The molecule has 0 aromatic heterocycles. The number of hydrogen-bond donors (Lipinski definition) is 0. The lowest BCUT2D eigenvalue weighted by atomic mass is 10.1. The highest BCUT2D eigenvalue weighted by Crippen LogP contribution is 2.19. The lowest BCUT2D eigenvalue weighted by Gasteiger charge is -2.50. The van der Waals surface area contributed by atoms with Crippen molar-refractivity contribution in [1.29, 1.82) is 0 Å². The predicted molar refractivity (Wildman–Crippen MR) is 83.7 cm³/mol. The van der Waals surface area contributed by atoms with Crippen molar-refractivity contribution >= 4 is 0 Å². The fraction of sp³-hybridized carbons (Fsp3) is 1.00. The molecule has 118 valence electrons. The Morgan fingerprint density at radius 1 is 0.900 bits per heavy atom. The Hall–Kier alpha value is -0.160. The Labute approximate surface area is 125 Å². The maximum Gasteiger partial charge on any atom is 0.129 e. The quantitative estimate of drug-likeness (QED) is 0.718. The van der Waals surface area contributed by atoms with Crippen LogP contribution >= 0.6 is 0 Å². The number of ether oxygens (including phenoxy) is 1. The lowest BCUT2D eigenvalue weighted by molar-refractivity contribution is -1.02. The van der Waals surface area contributed by atoms with E-state index < -0.39 is 0 Å². The normalized spacial score (nSPS) is 26.9. The van der Waals surface area contributed by atoms with Gasteiger partial charge in [-0.3, -0.25) is 4.90 Å². The molecule has 2 heterocycles. The smallest absolute Gasteiger partial charge is 0.129 e. The van der Waals surface area contributed by atoms with E-state index in [1.807, 2.05) is 0 Å². The average Bonchev–Trinajstić information content (AvgIpc) is 2.35. The molecule has 0 bridgehead atoms. The fourth-order valence-corrected chi connectivity index (χ4v) is 3.27. The minimum Gasteiger partial charge on any atom is -0.375 e. The van der Waals surface area contributed by atoms with Crippen LogP contribution in [0.3, 0.4) is 0 Å². The SMILES string of the molecule is CC(C)(C)OCCN1CC[N+]2(CC1)CC[N+](C)(C)CC2. The van der Waals surface area contributed by atoms with E-state index >= 15 is 0 Å². The number of nitrogens with zero attached hydrogens (tertiary/aromatic N) is 3. The molecule has 0 saturated carbocycles. The van der Waals surface area contributed by atoms with Crippen LogP contribution < -0.4 is 0 Å². The second kappa shape index (κ2) is 5.91. The Bertz CT molecular complexity index is 302. The summed E-state index contributed by atoms with van der Waals surface area (Å²) in [5, 5.41) is 0. The molecule has 4 heteroatoms. The minimum absolute atomic E-state index is 0.0000576. The van der Waals surface area contributed by atoms with Gasteiger partial charge in [0.05, 0.1) is 39.4 Å². The highest BCUT2D eigenvalue weighted by molar-refractivity contribution is 4.67. The first-order valence-electron chi connectivity index (χ1n) is 8.23. The fourth-order valence-electron chi connectivity index (χ4n) is 3.27. The third kappa shape index (κ3) is 4.69. The zero-order valence-corrected chi connectivity index (χ0v) is 14.3. The molecule has 0 aliphatic carbocycles. The first kappa shape index (κ1) is 16.2. The molecular weight excluding hydrogens is 250 g/mol. The summed E-state index contributed by atoms with van der Waals surface area (Å²) in [7, 11) is 4.74. The van der Waals surface area contributed by atoms with Crippen LogP contribution in [0.4, 0.5) is 0 Å². The van der Waals surface area contributed by atoms with Crippen molar-refractivity contribution in [3.63, 3.8) is 0 Å². The minimum atomic E-state index is -0.0000576. The lowest BCUT2D eigenvalue weighted by Crippen LogP contribution is -2.69. The van der Waals surface area contributed by atoms with E-state index in [0.717, 1.165) is 13.2 Å². The summed E-state index contributed by atoms with van der Waals surface area (Å²) < 4.78 is 8.43. The summed E-state index contributed by atoms with van der Waals surface area (Å²) in [4.78, 5) is 2.59. The predicted octanol–water partition coefficient (Wildman–Crippen LogP) is 1.02. The number of hydrogen-bond acceptors (Lipinski definition) is 2. The zero-order valence-electron chi connectivity index (χ0n) is 14.3. The molecule has 2 aliphatic rings.